The zero-order valence-electron chi connectivity index (χ0n) is 15.5. The second kappa shape index (κ2) is 7.48. The molecular weight excluding hydrogens is 384 g/mol. The maximum Gasteiger partial charge on any atom is 0.226 e. The molecule has 5 aromatic rings. The Morgan fingerprint density at radius 1 is 0.931 bits per heavy atom. The Kier molecular flexibility index (Phi) is 4.54. The molecule has 5 rings (SSSR count). The first-order chi connectivity index (χ1) is 14.3. The number of aromatic nitrogens is 5. The number of hydrogen-bond acceptors (Lipinski definition) is 5. The molecule has 3 aromatic heterocycles. The second-order valence-electron chi connectivity index (χ2n) is 6.67. The summed E-state index contributed by atoms with van der Waals surface area (Å²) in [5.41, 5.74) is 3.71. The van der Waals surface area contributed by atoms with Gasteiger partial charge in [0.25, 0.3) is 0 Å². The Bertz CT molecular complexity index is 1280. The minimum Gasteiger partial charge on any atom is -0.354 e. The van der Waals surface area contributed by atoms with Crippen LogP contribution >= 0.6 is 11.6 Å². The fourth-order valence-electron chi connectivity index (χ4n) is 3.26. The highest BCUT2D eigenvalue weighted by Gasteiger charge is 2.14. The SMILES string of the molecule is Clc1ccc(CCNc2nc3ccccc3c3nc(-c4cccnc4)nn23)cc1. The third kappa shape index (κ3) is 3.50. The van der Waals surface area contributed by atoms with E-state index in [-0.39, 0.29) is 0 Å². The summed E-state index contributed by atoms with van der Waals surface area (Å²) in [5.74, 6) is 1.28. The Morgan fingerprint density at radius 2 is 1.79 bits per heavy atom. The lowest BCUT2D eigenvalue weighted by atomic mass is 10.1. The van der Waals surface area contributed by atoms with E-state index in [1.807, 2.05) is 60.7 Å². The van der Waals surface area contributed by atoms with Gasteiger partial charge < -0.3 is 5.32 Å². The maximum absolute atomic E-state index is 5.97. The summed E-state index contributed by atoms with van der Waals surface area (Å²) in [4.78, 5) is 13.7. The predicted octanol–water partition coefficient (Wildman–Crippen LogP) is 4.65. The smallest absolute Gasteiger partial charge is 0.226 e. The average Bonchev–Trinajstić information content (AvgIpc) is 3.22. The van der Waals surface area contributed by atoms with Crippen molar-refractivity contribution < 1.29 is 0 Å². The van der Waals surface area contributed by atoms with Crippen LogP contribution in [0.4, 0.5) is 5.95 Å². The molecule has 0 saturated carbocycles. The van der Waals surface area contributed by atoms with Gasteiger partial charge in [-0.15, -0.1) is 5.10 Å². The lowest BCUT2D eigenvalue weighted by Crippen LogP contribution is -2.11. The molecule has 0 saturated heterocycles. The number of para-hydroxylation sites is 1. The number of hydrogen-bond donors (Lipinski definition) is 1. The fourth-order valence-corrected chi connectivity index (χ4v) is 3.38. The summed E-state index contributed by atoms with van der Waals surface area (Å²) >= 11 is 5.97. The fraction of sp³-hybridized carbons (Fsp3) is 0.0909. The van der Waals surface area contributed by atoms with Crippen LogP contribution in [0.3, 0.4) is 0 Å². The Hall–Kier alpha value is -3.51. The molecular formula is C22H17ClN6. The molecule has 0 fully saturated rings. The summed E-state index contributed by atoms with van der Waals surface area (Å²) < 4.78 is 1.77. The number of anilines is 1. The number of benzene rings is 2. The van der Waals surface area contributed by atoms with Gasteiger partial charge in [0.15, 0.2) is 11.5 Å². The molecule has 0 aliphatic heterocycles. The molecule has 7 heteroatoms. The molecule has 1 N–H and O–H groups in total. The quantitative estimate of drug-likeness (QED) is 0.465. The van der Waals surface area contributed by atoms with Gasteiger partial charge in [0.2, 0.25) is 5.95 Å². The summed E-state index contributed by atoms with van der Waals surface area (Å²) in [6, 6.07) is 19.6. The highest BCUT2D eigenvalue weighted by Crippen LogP contribution is 2.23. The molecule has 142 valence electrons. The summed E-state index contributed by atoms with van der Waals surface area (Å²) in [7, 11) is 0. The van der Waals surface area contributed by atoms with E-state index in [0.29, 0.717) is 18.3 Å². The maximum atomic E-state index is 5.97. The molecule has 6 nitrogen and oxygen atoms in total. The Balaban J connectivity index is 1.52. The number of fused-ring (bicyclic) bond motifs is 3. The average molecular weight is 401 g/mol. The van der Waals surface area contributed by atoms with Crippen LogP contribution in [0.15, 0.2) is 73.1 Å². The zero-order valence-corrected chi connectivity index (χ0v) is 16.2. The normalized spacial score (nSPS) is 11.2. The van der Waals surface area contributed by atoms with Gasteiger partial charge in [0, 0.05) is 34.9 Å². The van der Waals surface area contributed by atoms with Crippen molar-refractivity contribution in [2.24, 2.45) is 0 Å². The molecule has 0 amide bonds. The van der Waals surface area contributed by atoms with Crippen molar-refractivity contribution in [1.82, 2.24) is 24.6 Å². The third-order valence-electron chi connectivity index (χ3n) is 4.71. The molecule has 0 atom stereocenters. The number of halogens is 1. The minimum atomic E-state index is 0.622. The van der Waals surface area contributed by atoms with Crippen LogP contribution in [0, 0.1) is 0 Å². The zero-order chi connectivity index (χ0) is 19.6. The molecule has 0 bridgehead atoms. The van der Waals surface area contributed by atoms with E-state index >= 15 is 0 Å². The monoisotopic (exact) mass is 400 g/mol. The first-order valence-electron chi connectivity index (χ1n) is 9.32. The molecule has 0 unspecified atom stereocenters. The number of nitrogens with one attached hydrogen (secondary N) is 1. The van der Waals surface area contributed by atoms with E-state index in [1.54, 1.807) is 16.9 Å². The molecule has 0 aliphatic rings. The van der Waals surface area contributed by atoms with Crippen LogP contribution in [-0.2, 0) is 6.42 Å². The van der Waals surface area contributed by atoms with Crippen LogP contribution < -0.4 is 5.32 Å². The first kappa shape index (κ1) is 17.6. The highest BCUT2D eigenvalue weighted by atomic mass is 35.5. The van der Waals surface area contributed by atoms with E-state index in [2.05, 4.69) is 10.3 Å². The third-order valence-corrected chi connectivity index (χ3v) is 4.96. The first-order valence-corrected chi connectivity index (χ1v) is 9.70. The van der Waals surface area contributed by atoms with Crippen LogP contribution in [0.5, 0.6) is 0 Å². The van der Waals surface area contributed by atoms with Crippen LogP contribution in [0.25, 0.3) is 27.9 Å². The second-order valence-corrected chi connectivity index (χ2v) is 7.10. The number of nitrogens with zero attached hydrogens (tertiary/aromatic N) is 5. The topological polar surface area (TPSA) is 68.0 Å². The van der Waals surface area contributed by atoms with Gasteiger partial charge >= 0.3 is 0 Å². The largest absolute Gasteiger partial charge is 0.354 e. The van der Waals surface area contributed by atoms with E-state index < -0.39 is 0 Å². The lowest BCUT2D eigenvalue weighted by molar-refractivity contribution is 0.906. The molecule has 2 aromatic carbocycles. The summed E-state index contributed by atoms with van der Waals surface area (Å²) in [6.07, 6.45) is 4.34. The minimum absolute atomic E-state index is 0.622. The molecule has 0 spiro atoms. The lowest BCUT2D eigenvalue weighted by Gasteiger charge is -2.09. The van der Waals surface area contributed by atoms with E-state index in [4.69, 9.17) is 26.7 Å². The van der Waals surface area contributed by atoms with Crippen molar-refractivity contribution in [2.75, 3.05) is 11.9 Å². The molecule has 0 radical (unpaired) electrons. The van der Waals surface area contributed by atoms with Gasteiger partial charge in [0.1, 0.15) is 0 Å². The Labute approximate surface area is 172 Å². The summed E-state index contributed by atoms with van der Waals surface area (Å²) in [6.45, 7) is 0.712. The standard InChI is InChI=1S/C22H17ClN6/c23-17-9-7-15(8-10-17)11-13-25-22-26-19-6-2-1-5-18(19)21-27-20(28-29(21)22)16-4-3-12-24-14-16/h1-10,12,14H,11,13H2,(H,25,26). The van der Waals surface area contributed by atoms with Crippen LogP contribution in [-0.4, -0.2) is 31.1 Å². The van der Waals surface area contributed by atoms with Gasteiger partial charge in [0.05, 0.1) is 5.52 Å². The van der Waals surface area contributed by atoms with Crippen molar-refractivity contribution >= 4 is 34.1 Å². The predicted molar refractivity (Wildman–Crippen MR) is 115 cm³/mol. The van der Waals surface area contributed by atoms with E-state index in [1.165, 1.54) is 5.56 Å². The highest BCUT2D eigenvalue weighted by molar-refractivity contribution is 6.30. The van der Waals surface area contributed by atoms with Gasteiger partial charge in [-0.25, -0.2) is 9.97 Å². The molecule has 0 aliphatic carbocycles. The number of pyridine rings is 1. The van der Waals surface area contributed by atoms with Crippen molar-refractivity contribution in [1.29, 1.82) is 0 Å². The Morgan fingerprint density at radius 3 is 2.62 bits per heavy atom. The van der Waals surface area contributed by atoms with Gasteiger partial charge in [-0.05, 0) is 48.4 Å². The van der Waals surface area contributed by atoms with Crippen molar-refractivity contribution in [3.05, 3.63) is 83.6 Å². The number of rotatable bonds is 5. The van der Waals surface area contributed by atoms with Gasteiger partial charge in [-0.2, -0.15) is 4.52 Å². The van der Waals surface area contributed by atoms with Crippen molar-refractivity contribution in [3.63, 3.8) is 0 Å². The van der Waals surface area contributed by atoms with Gasteiger partial charge in [-0.1, -0.05) is 35.9 Å². The van der Waals surface area contributed by atoms with E-state index in [9.17, 15) is 0 Å². The van der Waals surface area contributed by atoms with E-state index in [0.717, 1.165) is 33.6 Å². The summed E-state index contributed by atoms with van der Waals surface area (Å²) in [5, 5.41) is 9.80. The van der Waals surface area contributed by atoms with Crippen molar-refractivity contribution in [2.45, 2.75) is 6.42 Å². The van der Waals surface area contributed by atoms with Gasteiger partial charge in [-0.3, -0.25) is 4.98 Å². The van der Waals surface area contributed by atoms with Crippen LogP contribution in [0.2, 0.25) is 5.02 Å². The molecule has 3 heterocycles. The van der Waals surface area contributed by atoms with Crippen molar-refractivity contribution in [3.8, 4) is 11.4 Å². The molecule has 29 heavy (non-hydrogen) atoms. The van der Waals surface area contributed by atoms with Crippen LogP contribution in [0.1, 0.15) is 5.56 Å².